The van der Waals surface area contributed by atoms with Crippen LogP contribution in [0, 0.1) is 0 Å². The van der Waals surface area contributed by atoms with Crippen molar-refractivity contribution in [2.45, 2.75) is 86.5 Å². The molecule has 0 aromatic carbocycles. The van der Waals surface area contributed by atoms with Gasteiger partial charge < -0.3 is 0 Å². The van der Waals surface area contributed by atoms with Gasteiger partial charge >= 0.3 is 155 Å². The fourth-order valence-electron chi connectivity index (χ4n) is 3.86. The molecule has 1 heterocycles. The summed E-state index contributed by atoms with van der Waals surface area (Å²) in [5.74, 6) is 0. The summed E-state index contributed by atoms with van der Waals surface area (Å²) < 4.78 is 25.1. The molecule has 0 aliphatic rings. The maximum absolute atomic E-state index is 13.4. The van der Waals surface area contributed by atoms with E-state index in [1.165, 1.54) is 55.4 Å². The topological polar surface area (TPSA) is 30.2 Å². The first-order valence-corrected chi connectivity index (χ1v) is 19.8. The normalized spacial score (nSPS) is 12.7. The van der Waals surface area contributed by atoms with Crippen LogP contribution in [-0.2, 0) is 4.57 Å². The summed E-state index contributed by atoms with van der Waals surface area (Å²) >= 11 is -2.55. The predicted molar refractivity (Wildman–Crippen MR) is 112 cm³/mol. The van der Waals surface area contributed by atoms with Crippen LogP contribution in [0.5, 0.6) is 0 Å². The van der Waals surface area contributed by atoms with Crippen LogP contribution in [0.15, 0.2) is 16.7 Å². The number of unbranched alkanes of at least 4 members (excludes halogenated alkanes) is 3. The first-order valence-electron chi connectivity index (χ1n) is 10.2. The second-order valence-corrected chi connectivity index (χ2v) is 23.8. The zero-order valence-electron chi connectivity index (χ0n) is 16.7. The fourth-order valence-corrected chi connectivity index (χ4v) is 24.9. The van der Waals surface area contributed by atoms with E-state index in [1.807, 2.05) is 6.26 Å². The van der Waals surface area contributed by atoms with Gasteiger partial charge in [0.2, 0.25) is 0 Å². The van der Waals surface area contributed by atoms with Crippen LogP contribution in [0.3, 0.4) is 0 Å². The van der Waals surface area contributed by atoms with Crippen molar-refractivity contribution >= 4 is 34.6 Å². The first kappa shape index (κ1) is 22.3. The van der Waals surface area contributed by atoms with Gasteiger partial charge in [0.1, 0.15) is 0 Å². The summed E-state index contributed by atoms with van der Waals surface area (Å²) in [5.41, 5.74) is 0.937. The summed E-state index contributed by atoms with van der Waals surface area (Å²) in [7, 11) is -2.33. The molecule has 4 heteroatoms. The van der Waals surface area contributed by atoms with Crippen molar-refractivity contribution in [3.05, 3.63) is 12.3 Å². The van der Waals surface area contributed by atoms with Crippen molar-refractivity contribution in [3.63, 3.8) is 0 Å². The average Bonchev–Trinajstić information content (AvgIpc) is 3.12. The molecule has 0 unspecified atom stereocenters. The maximum atomic E-state index is 13.4. The molecule has 0 spiro atoms. The summed E-state index contributed by atoms with van der Waals surface area (Å²) in [6.07, 6.45) is 11.1. The Balaban J connectivity index is 3.36. The molecule has 0 bridgehead atoms. The van der Waals surface area contributed by atoms with Gasteiger partial charge in [-0.1, -0.05) is 0 Å². The van der Waals surface area contributed by atoms with E-state index in [9.17, 15) is 4.57 Å². The second-order valence-electron chi connectivity index (χ2n) is 7.25. The van der Waals surface area contributed by atoms with Crippen LogP contribution < -0.4 is 9.08 Å². The molecule has 2 nitrogen and oxygen atoms in total. The number of rotatable bonds is 13. The van der Waals surface area contributed by atoms with Gasteiger partial charge in [0.05, 0.1) is 0 Å². The Labute approximate surface area is 154 Å². The van der Waals surface area contributed by atoms with Gasteiger partial charge in [-0.2, -0.15) is 0 Å². The second kappa shape index (κ2) is 11.1. The Bertz CT molecular complexity index is 480. The first-order chi connectivity index (χ1) is 11.5. The fraction of sp³-hybridized carbons (Fsp3) is 0.800. The standard InChI is InChI=1S/C8H12O2P.3C4H9.Sn/c1-3-11(9,4-2)8-6-5-7-10-8;3*1-3-4-2;/h5,7H,3-4H2,1-2H3;3*1,3-4H2,2H3;. The van der Waals surface area contributed by atoms with E-state index >= 15 is 0 Å². The Hall–Kier alpha value is 0.309. The van der Waals surface area contributed by atoms with E-state index in [2.05, 4.69) is 40.7 Å². The molecule has 0 amide bonds. The molecule has 0 saturated heterocycles. The van der Waals surface area contributed by atoms with Gasteiger partial charge in [-0.15, -0.1) is 0 Å². The monoisotopic (exact) mass is 462 g/mol. The number of furan rings is 1. The summed E-state index contributed by atoms with van der Waals surface area (Å²) in [6, 6.07) is 2.24. The third-order valence-corrected chi connectivity index (χ3v) is 25.0. The van der Waals surface area contributed by atoms with E-state index in [0.29, 0.717) is 0 Å². The molecule has 0 N–H and O–H groups in total. The molecular formula is C20H39O2PSn. The molecular weight excluding hydrogens is 422 g/mol. The van der Waals surface area contributed by atoms with Crippen molar-refractivity contribution in [2.75, 3.05) is 12.3 Å². The van der Waals surface area contributed by atoms with Crippen molar-refractivity contribution in [1.82, 2.24) is 0 Å². The van der Waals surface area contributed by atoms with Crippen LogP contribution in [0.25, 0.3) is 0 Å². The molecule has 0 saturated carbocycles. The van der Waals surface area contributed by atoms with Crippen molar-refractivity contribution in [1.29, 1.82) is 0 Å². The van der Waals surface area contributed by atoms with Gasteiger partial charge in [-0.3, -0.25) is 0 Å². The van der Waals surface area contributed by atoms with Gasteiger partial charge in [-0.25, -0.2) is 0 Å². The minimum absolute atomic E-state index is 0.737. The third kappa shape index (κ3) is 5.40. The van der Waals surface area contributed by atoms with E-state index in [0.717, 1.165) is 17.8 Å². The van der Waals surface area contributed by atoms with Crippen molar-refractivity contribution < 1.29 is 8.98 Å². The zero-order chi connectivity index (χ0) is 18.1. The quantitative estimate of drug-likeness (QED) is 0.253. The molecule has 0 radical (unpaired) electrons. The van der Waals surface area contributed by atoms with Gasteiger partial charge in [0.25, 0.3) is 0 Å². The Morgan fingerprint density at radius 1 is 0.875 bits per heavy atom. The zero-order valence-corrected chi connectivity index (χ0v) is 20.4. The molecule has 1 rings (SSSR count). The van der Waals surface area contributed by atoms with Gasteiger partial charge in [0.15, 0.2) is 0 Å². The summed E-state index contributed by atoms with van der Waals surface area (Å²) in [4.78, 5) is 0. The molecule has 0 aliphatic carbocycles. The third-order valence-electron chi connectivity index (χ3n) is 5.63. The number of hydrogen-bond acceptors (Lipinski definition) is 2. The minimum atomic E-state index is -2.55. The Kier molecular flexibility index (Phi) is 10.3. The molecule has 1 aromatic heterocycles. The molecule has 24 heavy (non-hydrogen) atoms. The molecule has 140 valence electrons. The van der Waals surface area contributed by atoms with Gasteiger partial charge in [0, 0.05) is 0 Å². The molecule has 0 fully saturated rings. The van der Waals surface area contributed by atoms with Crippen LogP contribution in [0.4, 0.5) is 0 Å². The number of hydrogen-bond donors (Lipinski definition) is 0. The Morgan fingerprint density at radius 3 is 1.71 bits per heavy atom. The Morgan fingerprint density at radius 2 is 1.33 bits per heavy atom. The van der Waals surface area contributed by atoms with E-state index in [4.69, 9.17) is 4.42 Å². The van der Waals surface area contributed by atoms with Crippen LogP contribution in [0.2, 0.25) is 13.3 Å². The average molecular weight is 461 g/mol. The van der Waals surface area contributed by atoms with E-state index in [1.54, 1.807) is 0 Å². The van der Waals surface area contributed by atoms with Gasteiger partial charge in [-0.05, 0) is 0 Å². The SMILES string of the molecule is CCC[CH2][Sn]([CH2]CCC)([CH2]CCC)[c]1ccoc1P(=O)(CC)CC. The van der Waals surface area contributed by atoms with E-state index < -0.39 is 25.5 Å². The van der Waals surface area contributed by atoms with E-state index in [-0.39, 0.29) is 0 Å². The molecule has 0 aliphatic heterocycles. The predicted octanol–water partition coefficient (Wildman–Crippen LogP) is 6.36. The van der Waals surface area contributed by atoms with Crippen molar-refractivity contribution in [3.8, 4) is 0 Å². The van der Waals surface area contributed by atoms with Crippen LogP contribution >= 0.6 is 7.14 Å². The summed E-state index contributed by atoms with van der Waals surface area (Å²) in [6.45, 7) is 11.0. The molecule has 1 aromatic rings. The van der Waals surface area contributed by atoms with Crippen LogP contribution in [-0.4, -0.2) is 30.7 Å². The van der Waals surface area contributed by atoms with Crippen LogP contribution in [0.1, 0.15) is 73.1 Å². The summed E-state index contributed by atoms with van der Waals surface area (Å²) in [5, 5.41) is 0. The molecule has 0 atom stereocenters. The van der Waals surface area contributed by atoms with Crippen molar-refractivity contribution in [2.24, 2.45) is 0 Å².